The van der Waals surface area contributed by atoms with Gasteiger partial charge in [-0.05, 0) is 52.8 Å². The third-order valence-corrected chi connectivity index (χ3v) is 7.34. The summed E-state index contributed by atoms with van der Waals surface area (Å²) in [7, 11) is 0. The average molecular weight is 463 g/mol. The fraction of sp³-hybridized carbons (Fsp3) is 0.267. The van der Waals surface area contributed by atoms with Crippen molar-refractivity contribution >= 4 is 6.09 Å². The van der Waals surface area contributed by atoms with Crippen LogP contribution in [-0.2, 0) is 15.9 Å². The zero-order valence-electron chi connectivity index (χ0n) is 19.4. The molecule has 2 unspecified atom stereocenters. The highest BCUT2D eigenvalue weighted by atomic mass is 16.6. The number of rotatable bonds is 4. The average Bonchev–Trinajstić information content (AvgIpc) is 3.21. The molecule has 3 aliphatic rings. The van der Waals surface area contributed by atoms with Gasteiger partial charge >= 0.3 is 6.09 Å². The Morgan fingerprint density at radius 3 is 2.31 bits per heavy atom. The van der Waals surface area contributed by atoms with E-state index in [-0.39, 0.29) is 24.1 Å². The molecule has 5 heteroatoms. The summed E-state index contributed by atoms with van der Waals surface area (Å²) in [5.74, 6) is 0.0507. The Bertz CT molecular complexity index is 1290. The second-order valence-electron chi connectivity index (χ2n) is 9.48. The fourth-order valence-corrected chi connectivity index (χ4v) is 5.73. The van der Waals surface area contributed by atoms with Gasteiger partial charge in [-0.1, -0.05) is 72.3 Å². The van der Waals surface area contributed by atoms with Crippen LogP contribution in [0.3, 0.4) is 0 Å². The van der Waals surface area contributed by atoms with Crippen LogP contribution in [0.5, 0.6) is 0 Å². The molecule has 0 spiro atoms. The molecule has 2 bridgehead atoms. The van der Waals surface area contributed by atoms with Crippen LogP contribution in [0, 0.1) is 11.3 Å². The van der Waals surface area contributed by atoms with Crippen LogP contribution in [-0.4, -0.2) is 42.9 Å². The molecular weight excluding hydrogens is 436 g/mol. The molecule has 1 fully saturated rings. The Kier molecular flexibility index (Phi) is 5.60. The van der Waals surface area contributed by atoms with Crippen LogP contribution < -0.4 is 0 Å². The van der Waals surface area contributed by atoms with Gasteiger partial charge in [0.1, 0.15) is 6.61 Å². The summed E-state index contributed by atoms with van der Waals surface area (Å²) in [6.45, 7) is 1.33. The number of amides is 1. The summed E-state index contributed by atoms with van der Waals surface area (Å²) in [5.41, 5.74) is 8.02. The fourth-order valence-electron chi connectivity index (χ4n) is 5.73. The minimum Gasteiger partial charge on any atom is -0.448 e. The van der Waals surface area contributed by atoms with Crippen LogP contribution in [0.15, 0.2) is 84.4 Å². The van der Waals surface area contributed by atoms with Crippen molar-refractivity contribution in [2.75, 3.05) is 19.8 Å². The van der Waals surface area contributed by atoms with E-state index in [1.165, 1.54) is 33.4 Å². The molecule has 3 aromatic carbocycles. The Balaban J connectivity index is 1.17. The smallest absolute Gasteiger partial charge is 0.410 e. The van der Waals surface area contributed by atoms with Gasteiger partial charge in [-0.25, -0.2) is 4.79 Å². The van der Waals surface area contributed by atoms with Gasteiger partial charge in [-0.2, -0.15) is 5.26 Å². The molecule has 35 heavy (non-hydrogen) atoms. The second kappa shape index (κ2) is 9.05. The molecule has 1 amide bonds. The Morgan fingerprint density at radius 2 is 1.66 bits per heavy atom. The van der Waals surface area contributed by atoms with Crippen molar-refractivity contribution in [3.8, 4) is 17.2 Å². The summed E-state index contributed by atoms with van der Waals surface area (Å²) in [4.78, 5) is 15.2. The third kappa shape index (κ3) is 4.00. The van der Waals surface area contributed by atoms with E-state index >= 15 is 0 Å². The van der Waals surface area contributed by atoms with E-state index in [1.54, 1.807) is 0 Å². The van der Waals surface area contributed by atoms with Crippen molar-refractivity contribution in [3.05, 3.63) is 107 Å². The Labute approximate surface area is 205 Å². The van der Waals surface area contributed by atoms with Crippen LogP contribution in [0.1, 0.15) is 34.6 Å². The van der Waals surface area contributed by atoms with Crippen LogP contribution >= 0.6 is 0 Å². The highest BCUT2D eigenvalue weighted by Crippen LogP contribution is 2.44. The molecule has 0 saturated carbocycles. The molecule has 3 aromatic rings. The van der Waals surface area contributed by atoms with Gasteiger partial charge < -0.3 is 9.47 Å². The standard InChI is InChI=1S/C30H26N2O3/c31-16-21-11-9-20(10-12-21)13-22-14-23-17-34-18-24(15-22)32(23)30(33)35-19-29-27-7-3-1-5-25(27)26-6-2-4-8-28(26)29/h1-12,14,23-24,29H,13,15,17-19H2. The summed E-state index contributed by atoms with van der Waals surface area (Å²) in [6.07, 6.45) is 3.48. The van der Waals surface area contributed by atoms with E-state index < -0.39 is 0 Å². The summed E-state index contributed by atoms with van der Waals surface area (Å²) in [6, 6.07) is 26.5. The van der Waals surface area contributed by atoms with Gasteiger partial charge in [0.15, 0.2) is 0 Å². The zero-order valence-corrected chi connectivity index (χ0v) is 19.4. The van der Waals surface area contributed by atoms with Crippen molar-refractivity contribution in [2.45, 2.75) is 30.8 Å². The summed E-state index contributed by atoms with van der Waals surface area (Å²) in [5, 5.41) is 9.03. The summed E-state index contributed by atoms with van der Waals surface area (Å²) < 4.78 is 11.8. The number of carbonyl (C=O) groups excluding carboxylic acids is 1. The molecule has 2 heterocycles. The number of hydrogen-bond donors (Lipinski definition) is 0. The number of carbonyl (C=O) groups is 1. The lowest BCUT2D eigenvalue weighted by Crippen LogP contribution is -2.56. The number of ether oxygens (including phenoxy) is 2. The number of nitriles is 1. The third-order valence-electron chi connectivity index (χ3n) is 7.34. The normalized spacial score (nSPS) is 20.4. The maximum Gasteiger partial charge on any atom is 0.410 e. The van der Waals surface area contributed by atoms with Crippen molar-refractivity contribution < 1.29 is 14.3 Å². The molecule has 5 nitrogen and oxygen atoms in total. The largest absolute Gasteiger partial charge is 0.448 e. The van der Waals surface area contributed by atoms with Gasteiger partial charge in [0, 0.05) is 5.92 Å². The molecule has 0 radical (unpaired) electrons. The number of nitrogens with zero attached hydrogens (tertiary/aromatic N) is 2. The highest BCUT2D eigenvalue weighted by Gasteiger charge is 2.39. The molecule has 2 aliphatic heterocycles. The minimum absolute atomic E-state index is 0.0252. The van der Waals surface area contributed by atoms with Gasteiger partial charge in [0.05, 0.1) is 36.9 Å². The van der Waals surface area contributed by atoms with Gasteiger partial charge in [-0.3, -0.25) is 4.90 Å². The minimum atomic E-state index is -0.265. The van der Waals surface area contributed by atoms with Crippen LogP contribution in [0.25, 0.3) is 11.1 Å². The van der Waals surface area contributed by atoms with E-state index in [2.05, 4.69) is 48.5 Å². The summed E-state index contributed by atoms with van der Waals surface area (Å²) >= 11 is 0. The first kappa shape index (κ1) is 21.6. The number of fused-ring (bicyclic) bond motifs is 5. The molecule has 1 aliphatic carbocycles. The monoisotopic (exact) mass is 462 g/mol. The molecule has 174 valence electrons. The van der Waals surface area contributed by atoms with Crippen molar-refractivity contribution in [1.29, 1.82) is 5.26 Å². The van der Waals surface area contributed by atoms with Crippen LogP contribution in [0.2, 0.25) is 0 Å². The lowest BCUT2D eigenvalue weighted by molar-refractivity contribution is -0.0363. The SMILES string of the molecule is N#Cc1ccc(CC2=CC3COCC(C2)N3C(=O)OCC2c3ccccc3-c3ccccc32)cc1. The Morgan fingerprint density at radius 1 is 0.971 bits per heavy atom. The van der Waals surface area contributed by atoms with Crippen molar-refractivity contribution in [1.82, 2.24) is 4.90 Å². The highest BCUT2D eigenvalue weighted by molar-refractivity contribution is 5.79. The molecule has 0 N–H and O–H groups in total. The lowest BCUT2D eigenvalue weighted by atomic mass is 9.90. The molecule has 1 saturated heterocycles. The predicted molar refractivity (Wildman–Crippen MR) is 133 cm³/mol. The van der Waals surface area contributed by atoms with E-state index in [4.69, 9.17) is 14.7 Å². The van der Waals surface area contributed by atoms with Gasteiger partial charge in [0.25, 0.3) is 0 Å². The maximum atomic E-state index is 13.3. The first-order chi connectivity index (χ1) is 17.2. The topological polar surface area (TPSA) is 62.6 Å². The zero-order chi connectivity index (χ0) is 23.8. The predicted octanol–water partition coefficient (Wildman–Crippen LogP) is 5.45. The number of benzene rings is 3. The number of morpholine rings is 1. The number of hydrogen-bond acceptors (Lipinski definition) is 4. The Hall–Kier alpha value is -3.88. The van der Waals surface area contributed by atoms with E-state index in [0.717, 1.165) is 12.8 Å². The molecular formula is C30H26N2O3. The van der Waals surface area contributed by atoms with E-state index in [0.29, 0.717) is 25.4 Å². The van der Waals surface area contributed by atoms with Gasteiger partial charge in [-0.15, -0.1) is 0 Å². The molecule has 2 atom stereocenters. The van der Waals surface area contributed by atoms with Gasteiger partial charge in [0.2, 0.25) is 0 Å². The van der Waals surface area contributed by atoms with Crippen LogP contribution in [0.4, 0.5) is 4.79 Å². The molecule has 6 rings (SSSR count). The first-order valence-corrected chi connectivity index (χ1v) is 12.1. The quantitative estimate of drug-likeness (QED) is 0.484. The van der Waals surface area contributed by atoms with Crippen molar-refractivity contribution in [2.24, 2.45) is 0 Å². The van der Waals surface area contributed by atoms with E-state index in [9.17, 15) is 4.79 Å². The second-order valence-corrected chi connectivity index (χ2v) is 9.48. The van der Waals surface area contributed by atoms with Crippen molar-refractivity contribution in [3.63, 3.8) is 0 Å². The van der Waals surface area contributed by atoms with E-state index in [1.807, 2.05) is 41.3 Å². The lowest BCUT2D eigenvalue weighted by Gasteiger charge is -2.44. The maximum absolute atomic E-state index is 13.3. The molecule has 0 aromatic heterocycles. The first-order valence-electron chi connectivity index (χ1n) is 12.1.